The minimum Gasteiger partial charge on any atom is -0.462 e. The van der Waals surface area contributed by atoms with Crippen molar-refractivity contribution < 1.29 is 42.1 Å². The molecule has 0 heterocycles. The molecule has 10 heteroatoms. The van der Waals surface area contributed by atoms with Crippen molar-refractivity contribution in [3.05, 3.63) is 85.1 Å². The quantitative estimate of drug-likeness (QED) is 0.0211. The van der Waals surface area contributed by atoms with Gasteiger partial charge in [0.15, 0.2) is 6.10 Å². The molecule has 0 aromatic rings. The number of esters is 2. The highest BCUT2D eigenvalue weighted by Crippen LogP contribution is 2.43. The van der Waals surface area contributed by atoms with Gasteiger partial charge in [-0.3, -0.25) is 18.6 Å². The normalized spacial score (nSPS) is 14.1. The Morgan fingerprint density at radius 2 is 0.864 bits per heavy atom. The zero-order valence-electron chi connectivity index (χ0n) is 42.9. The van der Waals surface area contributed by atoms with Gasteiger partial charge in [-0.25, -0.2) is 4.57 Å². The Balaban J connectivity index is 4.29. The third-order valence-corrected chi connectivity index (χ3v) is 11.9. The fourth-order valence-corrected chi connectivity index (χ4v) is 7.58. The van der Waals surface area contributed by atoms with Crippen LogP contribution < -0.4 is 0 Å². The van der Waals surface area contributed by atoms with Crippen molar-refractivity contribution in [1.29, 1.82) is 0 Å². The SMILES string of the molecule is CC/C=C\C/C=C\C/C=C\C/C=C\C/C=C\CCCCCCCCCC(=O)OC(COC(=O)CCCCCCCCCCC/C=C\C/C=C\CCCCC)COP(=O)(O)OCC[N+](C)(C)C. The molecule has 0 aliphatic carbocycles. The minimum absolute atomic E-state index is 0.0244. The number of rotatable bonds is 47. The highest BCUT2D eigenvalue weighted by molar-refractivity contribution is 7.47. The van der Waals surface area contributed by atoms with E-state index >= 15 is 0 Å². The van der Waals surface area contributed by atoms with E-state index in [9.17, 15) is 19.0 Å². The number of hydrogen-bond donors (Lipinski definition) is 1. The maximum Gasteiger partial charge on any atom is 0.472 e. The van der Waals surface area contributed by atoms with Gasteiger partial charge in [0.05, 0.1) is 27.7 Å². The molecule has 0 aliphatic rings. The Kier molecular flexibility index (Phi) is 45.3. The van der Waals surface area contributed by atoms with Crippen molar-refractivity contribution in [2.24, 2.45) is 0 Å². The summed E-state index contributed by atoms with van der Waals surface area (Å²) in [5.74, 6) is -0.818. The second kappa shape index (κ2) is 47.3. The zero-order valence-corrected chi connectivity index (χ0v) is 43.8. The smallest absolute Gasteiger partial charge is 0.462 e. The molecule has 0 aromatic carbocycles. The van der Waals surface area contributed by atoms with Crippen molar-refractivity contribution in [1.82, 2.24) is 0 Å². The molecular weight excluding hydrogens is 846 g/mol. The molecule has 0 saturated heterocycles. The fourth-order valence-electron chi connectivity index (χ4n) is 6.84. The monoisotopic (exact) mass is 945 g/mol. The Labute approximate surface area is 405 Å². The van der Waals surface area contributed by atoms with Gasteiger partial charge in [0.2, 0.25) is 0 Å². The standard InChI is InChI=1S/C56H98NO8P/c1-6-8-10-12-14-16-18-20-22-24-26-27-28-29-31-33-35-37-39-41-43-45-47-49-56(59)65-54(53-64-66(60,61)63-51-50-57(3,4)5)52-62-55(58)48-46-44-42-40-38-36-34-32-30-25-23-21-19-17-15-13-11-9-7-2/h8,10,14-17,20-23,26-27,29,31,54H,6-7,9,11-13,18-19,24-25,28,30,32-53H2,1-5H3/p+1/b10-8-,16-14-,17-15-,22-20-,23-21-,27-26-,31-29-. The maximum atomic E-state index is 12.8. The average Bonchev–Trinajstić information content (AvgIpc) is 3.27. The number of ether oxygens (including phenoxy) is 2. The summed E-state index contributed by atoms with van der Waals surface area (Å²) in [6, 6.07) is 0. The largest absolute Gasteiger partial charge is 0.472 e. The van der Waals surface area contributed by atoms with Crippen molar-refractivity contribution in [2.75, 3.05) is 47.5 Å². The number of phosphoric acid groups is 1. The molecule has 0 bridgehead atoms. The molecule has 66 heavy (non-hydrogen) atoms. The zero-order chi connectivity index (χ0) is 48.5. The number of carbonyl (C=O) groups excluding carboxylic acids is 2. The predicted molar refractivity (Wildman–Crippen MR) is 279 cm³/mol. The van der Waals surface area contributed by atoms with Crippen molar-refractivity contribution >= 4 is 19.8 Å². The lowest BCUT2D eigenvalue weighted by atomic mass is 10.1. The molecule has 0 aromatic heterocycles. The number of allylic oxidation sites excluding steroid dienone is 14. The van der Waals surface area contributed by atoms with E-state index < -0.39 is 26.5 Å². The highest BCUT2D eigenvalue weighted by Gasteiger charge is 2.27. The first kappa shape index (κ1) is 63.2. The number of hydrogen-bond acceptors (Lipinski definition) is 7. The van der Waals surface area contributed by atoms with E-state index in [2.05, 4.69) is 98.9 Å². The molecule has 0 spiro atoms. The van der Waals surface area contributed by atoms with Gasteiger partial charge in [-0.15, -0.1) is 0 Å². The van der Waals surface area contributed by atoms with E-state index in [1.807, 2.05) is 21.1 Å². The minimum atomic E-state index is -4.39. The molecule has 2 unspecified atom stereocenters. The van der Waals surface area contributed by atoms with Gasteiger partial charge in [0, 0.05) is 12.8 Å². The first-order valence-corrected chi connectivity index (χ1v) is 27.8. The Bertz CT molecular complexity index is 1390. The maximum absolute atomic E-state index is 12.8. The second-order valence-electron chi connectivity index (χ2n) is 18.5. The number of phosphoric ester groups is 1. The van der Waals surface area contributed by atoms with E-state index in [-0.39, 0.29) is 32.0 Å². The van der Waals surface area contributed by atoms with Crippen LogP contribution in [0.15, 0.2) is 85.1 Å². The summed E-state index contributed by atoms with van der Waals surface area (Å²) >= 11 is 0. The van der Waals surface area contributed by atoms with E-state index in [4.69, 9.17) is 18.5 Å². The van der Waals surface area contributed by atoms with Crippen LogP contribution in [0.1, 0.15) is 206 Å². The number of quaternary nitrogens is 1. The Morgan fingerprint density at radius 1 is 0.485 bits per heavy atom. The summed E-state index contributed by atoms with van der Waals surface area (Å²) in [5.41, 5.74) is 0. The molecule has 380 valence electrons. The van der Waals surface area contributed by atoms with E-state index in [1.54, 1.807) is 0 Å². The first-order valence-electron chi connectivity index (χ1n) is 26.3. The van der Waals surface area contributed by atoms with Crippen LogP contribution in [0.25, 0.3) is 0 Å². The second-order valence-corrected chi connectivity index (χ2v) is 20.0. The van der Waals surface area contributed by atoms with E-state index in [1.165, 1.54) is 89.9 Å². The molecule has 0 amide bonds. The number of unbranched alkanes of at least 4 members (excludes halogenated alkanes) is 19. The lowest BCUT2D eigenvalue weighted by Crippen LogP contribution is -2.37. The molecule has 0 radical (unpaired) electrons. The lowest BCUT2D eigenvalue weighted by Gasteiger charge is -2.24. The summed E-state index contributed by atoms with van der Waals surface area (Å²) in [5, 5.41) is 0. The Morgan fingerprint density at radius 3 is 1.29 bits per heavy atom. The molecule has 0 rings (SSSR count). The number of nitrogens with zero attached hydrogens (tertiary/aromatic N) is 1. The van der Waals surface area contributed by atoms with Gasteiger partial charge in [0.25, 0.3) is 0 Å². The van der Waals surface area contributed by atoms with Crippen molar-refractivity contribution in [3.8, 4) is 0 Å². The van der Waals surface area contributed by atoms with Gasteiger partial charge in [-0.1, -0.05) is 189 Å². The summed E-state index contributed by atoms with van der Waals surface area (Å²) in [7, 11) is 1.46. The van der Waals surface area contributed by atoms with Gasteiger partial charge >= 0.3 is 19.8 Å². The highest BCUT2D eigenvalue weighted by atomic mass is 31.2. The number of carbonyl (C=O) groups is 2. The molecule has 0 fully saturated rings. The van der Waals surface area contributed by atoms with E-state index in [0.717, 1.165) is 83.5 Å². The Hall–Kier alpha value is -2.81. The average molecular weight is 945 g/mol. The number of likely N-dealkylation sites (N-methyl/N-ethyl adjacent to an activating group) is 1. The predicted octanol–water partition coefficient (Wildman–Crippen LogP) is 15.9. The molecule has 1 N–H and O–H groups in total. The van der Waals surface area contributed by atoms with Crippen LogP contribution in [0, 0.1) is 0 Å². The van der Waals surface area contributed by atoms with Crippen molar-refractivity contribution in [2.45, 2.75) is 213 Å². The van der Waals surface area contributed by atoms with Gasteiger partial charge in [-0.2, -0.15) is 0 Å². The van der Waals surface area contributed by atoms with Crippen LogP contribution in [0.5, 0.6) is 0 Å². The summed E-state index contributed by atoms with van der Waals surface area (Å²) < 4.78 is 34.5. The summed E-state index contributed by atoms with van der Waals surface area (Å²) in [4.78, 5) is 35.6. The molecule has 9 nitrogen and oxygen atoms in total. The van der Waals surface area contributed by atoms with Crippen LogP contribution in [0.4, 0.5) is 0 Å². The topological polar surface area (TPSA) is 108 Å². The van der Waals surface area contributed by atoms with Crippen LogP contribution >= 0.6 is 7.82 Å². The molecular formula is C56H99NO8P+. The van der Waals surface area contributed by atoms with Crippen LogP contribution in [0.3, 0.4) is 0 Å². The van der Waals surface area contributed by atoms with Gasteiger partial charge < -0.3 is 18.9 Å². The van der Waals surface area contributed by atoms with Gasteiger partial charge in [-0.05, 0) is 89.9 Å². The summed E-state index contributed by atoms with van der Waals surface area (Å²) in [6.45, 7) is 4.27. The summed E-state index contributed by atoms with van der Waals surface area (Å²) in [6.07, 6.45) is 62.0. The van der Waals surface area contributed by atoms with E-state index in [0.29, 0.717) is 17.4 Å². The lowest BCUT2D eigenvalue weighted by molar-refractivity contribution is -0.870. The third-order valence-electron chi connectivity index (χ3n) is 10.9. The van der Waals surface area contributed by atoms with Crippen LogP contribution in [-0.4, -0.2) is 74.9 Å². The molecule has 2 atom stereocenters. The van der Waals surface area contributed by atoms with Crippen molar-refractivity contribution in [3.63, 3.8) is 0 Å². The molecule has 0 saturated carbocycles. The van der Waals surface area contributed by atoms with Gasteiger partial charge in [0.1, 0.15) is 19.8 Å². The molecule has 0 aliphatic heterocycles. The van der Waals surface area contributed by atoms with Crippen LogP contribution in [-0.2, 0) is 32.7 Å². The first-order chi connectivity index (χ1) is 32.0. The van der Waals surface area contributed by atoms with Crippen LogP contribution in [0.2, 0.25) is 0 Å². The fraction of sp³-hybridized carbons (Fsp3) is 0.714. The third kappa shape index (κ3) is 50.6.